The van der Waals surface area contributed by atoms with Crippen LogP contribution in [0.2, 0.25) is 0 Å². The summed E-state index contributed by atoms with van der Waals surface area (Å²) < 4.78 is 15.7. The number of benzene rings is 2. The highest BCUT2D eigenvalue weighted by molar-refractivity contribution is 9.39. The summed E-state index contributed by atoms with van der Waals surface area (Å²) >= 11 is 55.7. The fourth-order valence-electron chi connectivity index (χ4n) is 3.69. The van der Waals surface area contributed by atoms with Gasteiger partial charge in [0, 0.05) is 0 Å². The first-order valence-corrected chi connectivity index (χ1v) is 20.7. The van der Waals surface area contributed by atoms with Crippen molar-refractivity contribution in [3.8, 4) is 23.0 Å². The molecule has 22 heteroatoms. The van der Waals surface area contributed by atoms with E-state index in [1.165, 1.54) is 27.4 Å². The Morgan fingerprint density at radius 1 is 0.481 bits per heavy atom. The first-order valence-electron chi connectivity index (χ1n) is 13.7. The number of ether oxygens (including phenoxy) is 4. The van der Waals surface area contributed by atoms with Crippen LogP contribution in [0.4, 0.5) is 0 Å². The summed E-state index contributed by atoms with van der Waals surface area (Å²) in [6.45, 7) is 0. The molecule has 0 radical (unpaired) electrons. The van der Waals surface area contributed by atoms with Gasteiger partial charge >= 0.3 is 0 Å². The first kappa shape index (κ1) is 46.1. The number of methoxy groups -OCH3 is 4. The van der Waals surface area contributed by atoms with Crippen molar-refractivity contribution in [2.24, 2.45) is 0 Å². The molecule has 2 heterocycles. The van der Waals surface area contributed by atoms with Crippen LogP contribution in [0.5, 0.6) is 23.0 Å². The number of rotatable bonds is 8. The lowest BCUT2D eigenvalue weighted by Crippen LogP contribution is -2.16. The minimum atomic E-state index is -1.93. The van der Waals surface area contributed by atoms with Crippen LogP contribution in [-0.2, 0) is 11.9 Å². The zero-order chi connectivity index (χ0) is 39.1. The van der Waals surface area contributed by atoms with Gasteiger partial charge in [-0.15, -0.1) is 0 Å². The number of hydrogen-bond donors (Lipinski definition) is 0. The molecule has 0 aliphatic heterocycles. The number of aromatic nitrogens is 6. The second kappa shape index (κ2) is 19.8. The van der Waals surface area contributed by atoms with E-state index in [1.807, 2.05) is 36.4 Å². The van der Waals surface area contributed by atoms with Gasteiger partial charge in [0.15, 0.2) is 50.7 Å². The maximum atomic E-state index is 5.86. The van der Waals surface area contributed by atoms with Gasteiger partial charge in [0.2, 0.25) is 13.3 Å². The Morgan fingerprint density at radius 3 is 1.21 bits per heavy atom. The van der Waals surface area contributed by atoms with Crippen LogP contribution in [0.15, 0.2) is 36.4 Å². The molecule has 10 nitrogen and oxygen atoms in total. The molecular formula is C30H22Br6Cl6N6O4. The van der Waals surface area contributed by atoms with E-state index >= 15 is 0 Å². The van der Waals surface area contributed by atoms with E-state index < -0.39 is 11.9 Å². The van der Waals surface area contributed by atoms with Gasteiger partial charge in [0.1, 0.15) is 5.75 Å². The zero-order valence-corrected chi connectivity index (χ0v) is 40.7. The molecule has 0 aliphatic carbocycles. The second-order valence-electron chi connectivity index (χ2n) is 9.57. The molecular weight excluding hydrogens is 1200 g/mol. The number of alkyl halides is 12. The number of halogens is 12. The molecule has 0 unspecified atom stereocenters. The molecule has 4 aromatic rings. The van der Waals surface area contributed by atoms with E-state index in [0.717, 1.165) is 11.3 Å². The molecule has 0 saturated heterocycles. The minimum Gasteiger partial charge on any atom is -0.497 e. The van der Waals surface area contributed by atoms with Crippen LogP contribution in [0.3, 0.4) is 0 Å². The summed E-state index contributed by atoms with van der Waals surface area (Å²) in [5.41, 5.74) is 1.70. The molecule has 2 aromatic carbocycles. The van der Waals surface area contributed by atoms with E-state index in [2.05, 4.69) is 125 Å². The van der Waals surface area contributed by atoms with Crippen molar-refractivity contribution < 1.29 is 18.9 Å². The zero-order valence-electron chi connectivity index (χ0n) is 26.6. The lowest BCUT2D eigenvalue weighted by Gasteiger charge is -2.16. The third-order valence-electron chi connectivity index (χ3n) is 5.97. The van der Waals surface area contributed by atoms with Crippen LogP contribution in [0, 0.1) is 0 Å². The molecule has 0 aliphatic rings. The summed E-state index contributed by atoms with van der Waals surface area (Å²) in [5, 5.41) is 0. The normalized spacial score (nSPS) is 12.5. The average molecular weight is 1220 g/mol. The second-order valence-corrected chi connectivity index (χ2v) is 27.7. The van der Waals surface area contributed by atoms with E-state index in [1.54, 1.807) is 25.3 Å². The Balaban J connectivity index is 0.000000284. The van der Waals surface area contributed by atoms with Crippen molar-refractivity contribution in [1.29, 1.82) is 0 Å². The van der Waals surface area contributed by atoms with Gasteiger partial charge in [-0.2, -0.15) is 0 Å². The summed E-state index contributed by atoms with van der Waals surface area (Å²) in [4.78, 5) is 25.3. The number of hydrogen-bond acceptors (Lipinski definition) is 10. The standard InChI is InChI=1S/C16H13Cl6N3O3.C14H9Br6N3O/c1-26-9-6-8(7-10(27-2)12(9)28-3)4-5-11-23-13(15(17,18)19)25-14(24-11)16(20,21)22;1-24-9-5-2-8(3-6-9)4-7-10-21-11(13(15,16)17)23-12(22-10)14(18,19)20/h4-7H,1-3H3;2-7H,1H3. The molecule has 0 spiro atoms. The highest BCUT2D eigenvalue weighted by atomic mass is 80.0. The van der Waals surface area contributed by atoms with Crippen molar-refractivity contribution >= 4 is 189 Å². The SMILES string of the molecule is COc1cc(C=Cc2nc(C(Cl)(Cl)Cl)nc(C(Cl)(Cl)Cl)n2)cc(OC)c1OC.COc1ccc(C=Cc2nc(C(Br)(Br)Br)nc(C(Br)(Br)Br)n2)cc1. The highest BCUT2D eigenvalue weighted by Gasteiger charge is 2.34. The molecule has 0 fully saturated rings. The number of nitrogens with zero attached hydrogens (tertiary/aromatic N) is 6. The molecule has 2 aromatic heterocycles. The highest BCUT2D eigenvalue weighted by Crippen LogP contribution is 2.46. The molecule has 0 saturated carbocycles. The van der Waals surface area contributed by atoms with Crippen LogP contribution in [0.25, 0.3) is 24.3 Å². The quantitative estimate of drug-likeness (QED) is 0.158. The molecule has 0 bridgehead atoms. The maximum Gasteiger partial charge on any atom is 0.250 e. The molecule has 0 N–H and O–H groups in total. The van der Waals surface area contributed by atoms with Crippen LogP contribution in [-0.4, -0.2) is 58.3 Å². The van der Waals surface area contributed by atoms with E-state index in [9.17, 15) is 0 Å². The summed E-state index contributed by atoms with van der Waals surface area (Å²) in [6, 6.07) is 11.1. The average Bonchev–Trinajstić information content (AvgIpc) is 3.08. The largest absolute Gasteiger partial charge is 0.497 e. The lowest BCUT2D eigenvalue weighted by molar-refractivity contribution is 0.324. The van der Waals surface area contributed by atoms with Crippen molar-refractivity contribution in [2.45, 2.75) is 11.9 Å². The van der Waals surface area contributed by atoms with Gasteiger partial charge in [-0.3, -0.25) is 0 Å². The Bertz CT molecular complexity index is 1820. The van der Waals surface area contributed by atoms with E-state index in [0.29, 0.717) is 40.3 Å². The Labute approximate surface area is 379 Å². The molecule has 0 atom stereocenters. The van der Waals surface area contributed by atoms with Crippen LogP contribution >= 0.6 is 165 Å². The Hall–Kier alpha value is -0.240. The summed E-state index contributed by atoms with van der Waals surface area (Å²) in [5.74, 6) is 3.43. The molecule has 52 heavy (non-hydrogen) atoms. The lowest BCUT2D eigenvalue weighted by atomic mass is 10.1. The summed E-state index contributed by atoms with van der Waals surface area (Å²) in [7, 11) is 6.17. The minimum absolute atomic E-state index is 0.117. The van der Waals surface area contributed by atoms with Crippen molar-refractivity contribution in [2.75, 3.05) is 28.4 Å². The van der Waals surface area contributed by atoms with Gasteiger partial charge < -0.3 is 18.9 Å². The van der Waals surface area contributed by atoms with Gasteiger partial charge in [-0.1, -0.05) is 189 Å². The third kappa shape index (κ3) is 14.1. The predicted molar refractivity (Wildman–Crippen MR) is 232 cm³/mol. The maximum absolute atomic E-state index is 5.86. The molecule has 0 amide bonds. The van der Waals surface area contributed by atoms with E-state index in [-0.39, 0.29) is 17.5 Å². The smallest absolute Gasteiger partial charge is 0.250 e. The fraction of sp³-hybridized carbons (Fsp3) is 0.267. The Morgan fingerprint density at radius 2 is 0.865 bits per heavy atom. The molecule has 280 valence electrons. The van der Waals surface area contributed by atoms with Gasteiger partial charge in [0.05, 0.1) is 28.4 Å². The summed E-state index contributed by atoms with van der Waals surface area (Å²) in [6.07, 6.45) is 6.93. The fourth-order valence-corrected chi connectivity index (χ4v) is 5.27. The predicted octanol–water partition coefficient (Wildman–Crippen LogP) is 12.4. The van der Waals surface area contributed by atoms with Crippen LogP contribution < -0.4 is 18.9 Å². The topological polar surface area (TPSA) is 114 Å². The first-order chi connectivity index (χ1) is 24.1. The van der Waals surface area contributed by atoms with Gasteiger partial charge in [-0.25, -0.2) is 29.9 Å². The van der Waals surface area contributed by atoms with E-state index in [4.69, 9.17) is 88.6 Å². The van der Waals surface area contributed by atoms with Gasteiger partial charge in [0.25, 0.3) is 0 Å². The van der Waals surface area contributed by atoms with Gasteiger partial charge in [-0.05, 0) is 47.5 Å². The Kier molecular flexibility index (Phi) is 17.5. The van der Waals surface area contributed by atoms with Crippen molar-refractivity contribution in [3.63, 3.8) is 0 Å². The van der Waals surface area contributed by atoms with Crippen molar-refractivity contribution in [3.05, 3.63) is 82.5 Å². The molecule has 4 rings (SSSR count). The monoisotopic (exact) mass is 1210 g/mol. The third-order valence-corrected chi connectivity index (χ3v) is 9.11. The van der Waals surface area contributed by atoms with Crippen LogP contribution in [0.1, 0.15) is 46.1 Å². The van der Waals surface area contributed by atoms with Crippen molar-refractivity contribution in [1.82, 2.24) is 29.9 Å².